The van der Waals surface area contributed by atoms with Crippen LogP contribution in [-0.2, 0) is 17.5 Å². The zero-order valence-electron chi connectivity index (χ0n) is 27.9. The molecule has 9 heteroatoms. The molecule has 0 fully saturated rings. The van der Waals surface area contributed by atoms with Gasteiger partial charge in [0.05, 0.1) is 10.4 Å². The summed E-state index contributed by atoms with van der Waals surface area (Å²) in [6.07, 6.45) is -11.4. The molecule has 0 bridgehead atoms. The predicted molar refractivity (Wildman–Crippen MR) is 179 cm³/mol. The van der Waals surface area contributed by atoms with Gasteiger partial charge in [0, 0.05) is 27.6 Å². The Balaban J connectivity index is 1.91. The molecule has 47 heavy (non-hydrogen) atoms. The number of rotatable bonds is 4. The van der Waals surface area contributed by atoms with Gasteiger partial charge in [-0.05, 0) is 94.3 Å². The second kappa shape index (κ2) is 11.3. The normalized spacial score (nSPS) is 13.6. The van der Waals surface area contributed by atoms with Crippen molar-refractivity contribution in [2.75, 3.05) is 0 Å². The van der Waals surface area contributed by atoms with Gasteiger partial charge in [-0.2, -0.15) is 26.3 Å². The topological polar surface area (TPSA) is 12.9 Å². The third kappa shape index (κ3) is 6.05. The van der Waals surface area contributed by atoms with Crippen molar-refractivity contribution in [2.45, 2.75) is 92.2 Å². The van der Waals surface area contributed by atoms with Gasteiger partial charge in [0.2, 0.25) is 0 Å². The highest BCUT2D eigenvalue weighted by molar-refractivity contribution is 7.23. The molecule has 2 heterocycles. The second-order valence-corrected chi connectivity index (χ2v) is 15.8. The summed E-state index contributed by atoms with van der Waals surface area (Å²) in [6.45, 7) is 17.6. The quantitative estimate of drug-likeness (QED) is 0.173. The molecule has 250 valence electrons. The van der Waals surface area contributed by atoms with Crippen molar-refractivity contribution in [1.82, 2.24) is 4.98 Å². The van der Waals surface area contributed by atoms with Gasteiger partial charge in [-0.25, -0.2) is 4.39 Å². The summed E-state index contributed by atoms with van der Waals surface area (Å²) in [5.74, 6) is 0. The number of nitrogens with zero attached hydrogens (tertiary/aromatic N) is 1. The molecule has 0 N–H and O–H groups in total. The van der Waals surface area contributed by atoms with Crippen LogP contribution in [0.15, 0.2) is 54.7 Å². The van der Waals surface area contributed by atoms with E-state index < -0.39 is 29.0 Å². The maximum atomic E-state index is 15.9. The molecule has 5 aromatic rings. The van der Waals surface area contributed by atoms with Gasteiger partial charge in [-0.15, -0.1) is 11.3 Å². The number of halogens is 7. The fourth-order valence-corrected chi connectivity index (χ4v) is 8.14. The molecule has 0 spiro atoms. The summed E-state index contributed by atoms with van der Waals surface area (Å²) in [5, 5.41) is 1.39. The summed E-state index contributed by atoms with van der Waals surface area (Å²) in [7, 11) is 0. The minimum Gasteiger partial charge on any atom is -0.254 e. The molecule has 5 rings (SSSR count). The van der Waals surface area contributed by atoms with Gasteiger partial charge in [0.15, 0.2) is 0 Å². The van der Waals surface area contributed by atoms with E-state index in [1.54, 1.807) is 0 Å². The Hall–Kier alpha value is -3.46. The van der Waals surface area contributed by atoms with Crippen LogP contribution in [0.2, 0.25) is 0 Å². The van der Waals surface area contributed by atoms with Gasteiger partial charge in [0.1, 0.15) is 0 Å². The Bertz CT molecular complexity index is 1960. The smallest absolute Gasteiger partial charge is 0.254 e. The van der Waals surface area contributed by atoms with Gasteiger partial charge < -0.3 is 0 Å². The number of pyridine rings is 1. The van der Waals surface area contributed by atoms with Crippen molar-refractivity contribution in [2.24, 2.45) is 5.41 Å². The maximum absolute atomic E-state index is 15.9. The monoisotopic (exact) mass is 673 g/mol. The lowest BCUT2D eigenvalue weighted by Crippen LogP contribution is -2.50. The third-order valence-corrected chi connectivity index (χ3v) is 9.92. The minimum atomic E-state index is -6.28. The number of hydrogen-bond donors (Lipinski definition) is 0. The van der Waals surface area contributed by atoms with Crippen molar-refractivity contribution < 1.29 is 30.7 Å². The van der Waals surface area contributed by atoms with E-state index in [1.807, 2.05) is 83.1 Å². The first-order valence-corrected chi connectivity index (χ1v) is 16.2. The Labute approximate surface area is 274 Å². The number of alkyl halides is 7. The highest BCUT2D eigenvalue weighted by Crippen LogP contribution is 2.57. The van der Waals surface area contributed by atoms with E-state index in [2.05, 4.69) is 25.8 Å². The molecule has 0 aliphatic carbocycles. The van der Waals surface area contributed by atoms with E-state index in [4.69, 9.17) is 0 Å². The van der Waals surface area contributed by atoms with Crippen LogP contribution in [0.1, 0.15) is 74.9 Å². The fraction of sp³-hybridized carbons (Fsp3) is 0.395. The van der Waals surface area contributed by atoms with Crippen LogP contribution < -0.4 is 0 Å². The second-order valence-electron chi connectivity index (χ2n) is 14.8. The van der Waals surface area contributed by atoms with Crippen LogP contribution in [0.3, 0.4) is 0 Å². The molecular weight excluding hydrogens is 635 g/mol. The molecule has 0 amide bonds. The molecule has 1 nitrogen and oxygen atoms in total. The van der Waals surface area contributed by atoms with Crippen LogP contribution in [0.5, 0.6) is 0 Å². The molecule has 0 atom stereocenters. The first kappa shape index (κ1) is 34.9. The Morgan fingerprint density at radius 2 is 1.30 bits per heavy atom. The zero-order valence-corrected chi connectivity index (χ0v) is 28.7. The van der Waals surface area contributed by atoms with E-state index in [-0.39, 0.29) is 26.8 Å². The lowest BCUT2D eigenvalue weighted by atomic mass is 9.82. The van der Waals surface area contributed by atoms with Crippen LogP contribution in [0.25, 0.3) is 42.6 Å². The minimum absolute atomic E-state index is 0.00515. The highest BCUT2D eigenvalue weighted by Gasteiger charge is 2.74. The Morgan fingerprint density at radius 3 is 1.83 bits per heavy atom. The molecule has 0 radical (unpaired) electrons. The van der Waals surface area contributed by atoms with Crippen LogP contribution in [0.4, 0.5) is 30.7 Å². The fourth-order valence-electron chi connectivity index (χ4n) is 6.62. The number of thiophene rings is 1. The largest absolute Gasteiger partial charge is 0.436 e. The summed E-state index contributed by atoms with van der Waals surface area (Å²) in [5.41, 5.74) is -2.31. The molecule has 0 aliphatic heterocycles. The average molecular weight is 674 g/mol. The van der Waals surface area contributed by atoms with E-state index in [0.29, 0.717) is 22.2 Å². The van der Waals surface area contributed by atoms with Gasteiger partial charge in [-0.3, -0.25) is 4.98 Å². The van der Waals surface area contributed by atoms with Crippen molar-refractivity contribution in [3.8, 4) is 21.7 Å². The number of aryl methyl sites for hydroxylation is 3. The molecule has 2 aromatic heterocycles. The standard InChI is InChI=1S/C38H38F7NS/c1-20-14-23(18-34(4,5)6)15-21(2)29(20)32-22(3)30-28(36(39,37(40,41)42)38(43,44)45)19-46-31(33(30)47-32)25-16-24-12-10-11-13-26(24)27(17-25)35(7,8)9/h10-17,19H,18H2,1-9H3. The van der Waals surface area contributed by atoms with Crippen molar-refractivity contribution in [3.63, 3.8) is 0 Å². The Morgan fingerprint density at radius 1 is 0.723 bits per heavy atom. The van der Waals surface area contributed by atoms with Gasteiger partial charge in [-0.1, -0.05) is 77.9 Å². The number of aromatic nitrogens is 1. The first-order chi connectivity index (χ1) is 21.5. The summed E-state index contributed by atoms with van der Waals surface area (Å²) >= 11 is 1.05. The molecule has 0 saturated heterocycles. The maximum Gasteiger partial charge on any atom is 0.436 e. The van der Waals surface area contributed by atoms with E-state index in [0.717, 1.165) is 50.8 Å². The number of fused-ring (bicyclic) bond motifs is 2. The highest BCUT2D eigenvalue weighted by atomic mass is 32.1. The predicted octanol–water partition coefficient (Wildman–Crippen LogP) is 12.9. The molecule has 0 aliphatic rings. The lowest BCUT2D eigenvalue weighted by molar-refractivity contribution is -0.348. The van der Waals surface area contributed by atoms with E-state index >= 15 is 4.39 Å². The molecule has 0 unspecified atom stereocenters. The zero-order chi connectivity index (χ0) is 35.1. The van der Waals surface area contributed by atoms with Gasteiger partial charge >= 0.3 is 18.0 Å². The summed E-state index contributed by atoms with van der Waals surface area (Å²) in [4.78, 5) is 4.70. The van der Waals surface area contributed by atoms with Crippen molar-refractivity contribution >= 4 is 32.2 Å². The average Bonchev–Trinajstić information content (AvgIpc) is 3.25. The van der Waals surface area contributed by atoms with Crippen molar-refractivity contribution in [1.29, 1.82) is 0 Å². The summed E-state index contributed by atoms with van der Waals surface area (Å²) in [6, 6.07) is 15.3. The summed E-state index contributed by atoms with van der Waals surface area (Å²) < 4.78 is 101. The number of hydrogen-bond acceptors (Lipinski definition) is 2. The number of benzene rings is 3. The SMILES string of the molecule is Cc1cc(CC(C)(C)C)cc(C)c1-c1sc2c(-c3cc(C(C)(C)C)c4ccccc4c3)ncc(C(F)(C(F)(F)F)C(F)(F)F)c2c1C. The van der Waals surface area contributed by atoms with Gasteiger partial charge in [0.25, 0.3) is 0 Å². The Kier molecular flexibility index (Phi) is 8.39. The van der Waals surface area contributed by atoms with E-state index in [1.165, 1.54) is 6.92 Å². The molecular formula is C38H38F7NS. The van der Waals surface area contributed by atoms with Crippen LogP contribution in [0, 0.1) is 26.2 Å². The molecule has 0 saturated carbocycles. The molecule has 3 aromatic carbocycles. The van der Waals surface area contributed by atoms with Crippen LogP contribution in [-0.4, -0.2) is 17.3 Å². The van der Waals surface area contributed by atoms with E-state index in [9.17, 15) is 26.3 Å². The van der Waals surface area contributed by atoms with Crippen LogP contribution >= 0.6 is 11.3 Å². The van der Waals surface area contributed by atoms with Crippen molar-refractivity contribution in [3.05, 3.63) is 88.1 Å². The first-order valence-electron chi connectivity index (χ1n) is 15.3. The third-order valence-electron chi connectivity index (χ3n) is 8.60. The lowest BCUT2D eigenvalue weighted by Gasteiger charge is -2.31.